The number of nitrogens with zero attached hydrogens (tertiary/aromatic N) is 4. The largest absolute Gasteiger partial charge is 0.376 e. The fourth-order valence-electron chi connectivity index (χ4n) is 4.32. The molecule has 1 atom stereocenters. The van der Waals surface area contributed by atoms with Gasteiger partial charge in [-0.15, -0.1) is 0 Å². The van der Waals surface area contributed by atoms with Crippen LogP contribution in [0.2, 0.25) is 0 Å². The van der Waals surface area contributed by atoms with Crippen LogP contribution >= 0.6 is 24.0 Å². The summed E-state index contributed by atoms with van der Waals surface area (Å²) in [5.41, 5.74) is 1.86. The fourth-order valence-corrected chi connectivity index (χ4v) is 5.58. The molecule has 0 radical (unpaired) electrons. The summed E-state index contributed by atoms with van der Waals surface area (Å²) >= 11 is 6.72. The molecule has 1 unspecified atom stereocenters. The van der Waals surface area contributed by atoms with Crippen LogP contribution in [0.3, 0.4) is 0 Å². The number of hydrogen-bond acceptors (Lipinski definition) is 7. The quantitative estimate of drug-likeness (QED) is 0.518. The molecule has 1 amide bonds. The average molecular weight is 457 g/mol. The van der Waals surface area contributed by atoms with Gasteiger partial charge in [0.1, 0.15) is 15.8 Å². The summed E-state index contributed by atoms with van der Waals surface area (Å²) in [5.74, 6) is 0.488. The van der Waals surface area contributed by atoms with E-state index in [1.165, 1.54) is 11.8 Å². The number of anilines is 1. The van der Waals surface area contributed by atoms with E-state index in [-0.39, 0.29) is 17.6 Å². The van der Waals surface area contributed by atoms with E-state index in [0.29, 0.717) is 32.8 Å². The maximum atomic E-state index is 13.5. The van der Waals surface area contributed by atoms with E-state index in [0.717, 1.165) is 50.9 Å². The van der Waals surface area contributed by atoms with Crippen LogP contribution in [0.25, 0.3) is 11.7 Å². The number of aryl methyl sites for hydroxylation is 1. The Morgan fingerprint density at radius 2 is 2.06 bits per heavy atom. The Morgan fingerprint density at radius 3 is 2.81 bits per heavy atom. The Labute approximate surface area is 190 Å². The normalized spacial score (nSPS) is 23.1. The number of fused-ring (bicyclic) bond motifs is 1. The SMILES string of the molecule is Cc1ccc2nc(N3CCCC3)c(C=C3SC(=S)N(CC4CCCO4)C3=O)c(=O)n2c1. The maximum absolute atomic E-state index is 13.5. The summed E-state index contributed by atoms with van der Waals surface area (Å²) in [4.78, 5) is 35.6. The van der Waals surface area contributed by atoms with Gasteiger partial charge in [0.2, 0.25) is 0 Å². The van der Waals surface area contributed by atoms with Crippen LogP contribution < -0.4 is 10.5 Å². The van der Waals surface area contributed by atoms with E-state index < -0.39 is 0 Å². The minimum atomic E-state index is -0.167. The van der Waals surface area contributed by atoms with E-state index in [2.05, 4.69) is 4.90 Å². The van der Waals surface area contributed by atoms with Crippen molar-refractivity contribution in [3.05, 3.63) is 44.7 Å². The number of hydrogen-bond donors (Lipinski definition) is 0. The third kappa shape index (κ3) is 3.90. The van der Waals surface area contributed by atoms with Crippen LogP contribution in [0, 0.1) is 6.92 Å². The number of carbonyl (C=O) groups excluding carboxylic acids is 1. The Bertz CT molecular complexity index is 1150. The van der Waals surface area contributed by atoms with Gasteiger partial charge in [0.15, 0.2) is 0 Å². The summed E-state index contributed by atoms with van der Waals surface area (Å²) in [6.45, 7) is 4.85. The molecule has 3 aliphatic rings. The summed E-state index contributed by atoms with van der Waals surface area (Å²) in [7, 11) is 0. The van der Waals surface area contributed by atoms with Crippen LogP contribution in [0.1, 0.15) is 36.8 Å². The van der Waals surface area contributed by atoms with E-state index in [9.17, 15) is 9.59 Å². The second kappa shape index (κ2) is 8.37. The van der Waals surface area contributed by atoms with Gasteiger partial charge in [0.25, 0.3) is 11.5 Å². The first-order valence-corrected chi connectivity index (χ1v) is 11.9. The van der Waals surface area contributed by atoms with Crippen LogP contribution in [0.15, 0.2) is 28.0 Å². The van der Waals surface area contributed by atoms with Crippen molar-refractivity contribution >= 4 is 51.7 Å². The summed E-state index contributed by atoms with van der Waals surface area (Å²) in [6.07, 6.45) is 7.58. The van der Waals surface area contributed by atoms with Gasteiger partial charge in [-0.1, -0.05) is 30.0 Å². The van der Waals surface area contributed by atoms with Crippen molar-refractivity contribution in [3.8, 4) is 0 Å². The number of amides is 1. The fraction of sp³-hybridized carbons (Fsp3) is 0.455. The zero-order valence-corrected chi connectivity index (χ0v) is 19.0. The number of thiocarbonyl (C=S) groups is 1. The molecule has 0 aromatic carbocycles. The lowest BCUT2D eigenvalue weighted by atomic mass is 10.2. The maximum Gasteiger partial charge on any atom is 0.267 e. The second-order valence-corrected chi connectivity index (χ2v) is 9.89. The molecule has 2 aromatic heterocycles. The Hall–Kier alpha value is -2.23. The van der Waals surface area contributed by atoms with Crippen LogP contribution in [-0.4, -0.2) is 56.9 Å². The molecule has 0 spiro atoms. The zero-order chi connectivity index (χ0) is 21.5. The molecule has 3 saturated heterocycles. The second-order valence-electron chi connectivity index (χ2n) is 8.21. The first-order chi connectivity index (χ1) is 15.0. The first-order valence-electron chi connectivity index (χ1n) is 10.7. The molecule has 5 rings (SSSR count). The lowest BCUT2D eigenvalue weighted by molar-refractivity contribution is -0.123. The molecule has 31 heavy (non-hydrogen) atoms. The Kier molecular flexibility index (Phi) is 5.58. The van der Waals surface area contributed by atoms with E-state index in [4.69, 9.17) is 21.9 Å². The number of aromatic nitrogens is 2. The number of ether oxygens (including phenoxy) is 1. The highest BCUT2D eigenvalue weighted by Crippen LogP contribution is 2.34. The predicted molar refractivity (Wildman–Crippen MR) is 126 cm³/mol. The highest BCUT2D eigenvalue weighted by atomic mass is 32.2. The molecule has 7 nitrogen and oxygen atoms in total. The minimum absolute atomic E-state index is 0.0259. The molecular formula is C22H24N4O3S2. The van der Waals surface area contributed by atoms with Crippen molar-refractivity contribution in [1.29, 1.82) is 0 Å². The van der Waals surface area contributed by atoms with Gasteiger partial charge in [0, 0.05) is 25.9 Å². The van der Waals surface area contributed by atoms with Crippen molar-refractivity contribution in [2.75, 3.05) is 31.1 Å². The third-order valence-electron chi connectivity index (χ3n) is 5.95. The monoisotopic (exact) mass is 456 g/mol. The van der Waals surface area contributed by atoms with Gasteiger partial charge >= 0.3 is 0 Å². The van der Waals surface area contributed by atoms with Gasteiger partial charge in [-0.05, 0) is 50.3 Å². The molecule has 9 heteroatoms. The van der Waals surface area contributed by atoms with Gasteiger partial charge < -0.3 is 9.64 Å². The lowest BCUT2D eigenvalue weighted by Gasteiger charge is -2.20. The van der Waals surface area contributed by atoms with Gasteiger partial charge in [-0.3, -0.25) is 18.9 Å². The number of pyridine rings is 1. The minimum Gasteiger partial charge on any atom is -0.376 e. The van der Waals surface area contributed by atoms with E-state index in [1.807, 2.05) is 19.1 Å². The Morgan fingerprint density at radius 1 is 1.26 bits per heavy atom. The van der Waals surface area contributed by atoms with Crippen molar-refractivity contribution in [2.45, 2.75) is 38.7 Å². The molecule has 5 heterocycles. The molecule has 0 saturated carbocycles. The van der Waals surface area contributed by atoms with E-state index >= 15 is 0 Å². The Balaban J connectivity index is 1.57. The lowest BCUT2D eigenvalue weighted by Crippen LogP contribution is -2.35. The van der Waals surface area contributed by atoms with Crippen molar-refractivity contribution < 1.29 is 9.53 Å². The standard InChI is InChI=1S/C22H24N4O3S2/c1-14-6-7-18-23-19(24-8-2-3-9-24)16(20(27)25(18)12-14)11-17-21(28)26(22(30)31-17)13-15-5-4-10-29-15/h6-7,11-12,15H,2-5,8-10,13H2,1H3. The smallest absolute Gasteiger partial charge is 0.267 e. The average Bonchev–Trinajstić information content (AvgIpc) is 3.51. The predicted octanol–water partition coefficient (Wildman–Crippen LogP) is 2.98. The van der Waals surface area contributed by atoms with Crippen LogP contribution in [-0.2, 0) is 9.53 Å². The first kappa shape index (κ1) is 20.7. The molecular weight excluding hydrogens is 432 g/mol. The van der Waals surface area contributed by atoms with Gasteiger partial charge in [-0.2, -0.15) is 0 Å². The van der Waals surface area contributed by atoms with Crippen molar-refractivity contribution in [2.24, 2.45) is 0 Å². The molecule has 2 aromatic rings. The third-order valence-corrected chi connectivity index (χ3v) is 7.33. The summed E-state index contributed by atoms with van der Waals surface area (Å²) < 4.78 is 7.75. The molecule has 0 aliphatic carbocycles. The summed E-state index contributed by atoms with van der Waals surface area (Å²) in [6, 6.07) is 3.81. The molecule has 0 bridgehead atoms. The molecule has 0 N–H and O–H groups in total. The molecule has 3 fully saturated rings. The molecule has 162 valence electrons. The number of carbonyl (C=O) groups is 1. The van der Waals surface area contributed by atoms with Crippen LogP contribution in [0.4, 0.5) is 5.82 Å². The highest BCUT2D eigenvalue weighted by molar-refractivity contribution is 8.26. The van der Waals surface area contributed by atoms with Crippen molar-refractivity contribution in [1.82, 2.24) is 14.3 Å². The number of thioether (sulfide) groups is 1. The topological polar surface area (TPSA) is 67.2 Å². The van der Waals surface area contributed by atoms with Crippen LogP contribution in [0.5, 0.6) is 0 Å². The zero-order valence-electron chi connectivity index (χ0n) is 17.4. The van der Waals surface area contributed by atoms with Crippen molar-refractivity contribution in [3.63, 3.8) is 0 Å². The van der Waals surface area contributed by atoms with Gasteiger partial charge in [-0.25, -0.2) is 4.98 Å². The van der Waals surface area contributed by atoms with E-state index in [1.54, 1.807) is 21.6 Å². The van der Waals surface area contributed by atoms with Gasteiger partial charge in [0.05, 0.1) is 23.1 Å². The molecule has 3 aliphatic heterocycles. The number of rotatable bonds is 4. The highest BCUT2D eigenvalue weighted by Gasteiger charge is 2.35. The summed E-state index contributed by atoms with van der Waals surface area (Å²) in [5, 5.41) is 0.